The number of aryl methyl sites for hydroxylation is 1. The zero-order valence-corrected chi connectivity index (χ0v) is 14.9. The van der Waals surface area contributed by atoms with Crippen molar-refractivity contribution < 1.29 is 22.8 Å². The zero-order valence-electron chi connectivity index (χ0n) is 14.9. The Morgan fingerprint density at radius 1 is 1.44 bits per heavy atom. The first kappa shape index (κ1) is 19.0. The van der Waals surface area contributed by atoms with Gasteiger partial charge in [-0.25, -0.2) is 18.6 Å². The molecule has 146 valence electrons. The molecule has 0 bridgehead atoms. The van der Waals surface area contributed by atoms with Crippen LogP contribution in [0, 0.1) is 6.92 Å². The number of nitrogens with one attached hydrogen (secondary N) is 1. The van der Waals surface area contributed by atoms with E-state index in [1.807, 2.05) is 0 Å². The van der Waals surface area contributed by atoms with Crippen molar-refractivity contribution in [3.63, 3.8) is 0 Å². The molecule has 1 saturated heterocycles. The van der Waals surface area contributed by atoms with Gasteiger partial charge in [0.15, 0.2) is 12.4 Å². The number of halogens is 2. The number of pyridine rings is 1. The van der Waals surface area contributed by atoms with Gasteiger partial charge in [0, 0.05) is 37.3 Å². The summed E-state index contributed by atoms with van der Waals surface area (Å²) in [6.07, 6.45) is 0.351. The van der Waals surface area contributed by atoms with Crippen LogP contribution in [0.1, 0.15) is 36.0 Å². The Balaban J connectivity index is 1.49. The fourth-order valence-electron chi connectivity index (χ4n) is 2.92. The summed E-state index contributed by atoms with van der Waals surface area (Å²) in [5.74, 6) is 1.47. The minimum absolute atomic E-state index is 0.101. The smallest absolute Gasteiger partial charge is 0.317 e. The van der Waals surface area contributed by atoms with Crippen molar-refractivity contribution in [2.24, 2.45) is 0 Å². The maximum Gasteiger partial charge on any atom is 0.317 e. The summed E-state index contributed by atoms with van der Waals surface area (Å²) in [7, 11) is 0. The molecule has 27 heavy (non-hydrogen) atoms. The first-order valence-corrected chi connectivity index (χ1v) is 8.70. The van der Waals surface area contributed by atoms with E-state index in [9.17, 15) is 13.6 Å². The number of carbonyl (C=O) groups excluding carboxylic acids is 1. The molecule has 10 heteroatoms. The quantitative estimate of drug-likeness (QED) is 0.826. The Kier molecular flexibility index (Phi) is 6.15. The van der Waals surface area contributed by atoms with Gasteiger partial charge >= 0.3 is 6.03 Å². The van der Waals surface area contributed by atoms with Gasteiger partial charge in [0.1, 0.15) is 0 Å². The summed E-state index contributed by atoms with van der Waals surface area (Å²) in [4.78, 5) is 22.3. The van der Waals surface area contributed by atoms with Gasteiger partial charge in [-0.3, -0.25) is 0 Å². The number of carbonyl (C=O) groups is 1. The van der Waals surface area contributed by atoms with Crippen molar-refractivity contribution in [3.05, 3.63) is 35.6 Å². The predicted molar refractivity (Wildman–Crippen MR) is 90.6 cm³/mol. The van der Waals surface area contributed by atoms with E-state index in [4.69, 9.17) is 9.26 Å². The lowest BCUT2D eigenvalue weighted by molar-refractivity contribution is 0.0789. The number of likely N-dealkylation sites (tertiary alicyclic amines) is 1. The Morgan fingerprint density at radius 2 is 2.22 bits per heavy atom. The lowest BCUT2D eigenvalue weighted by Gasteiger charge is -2.30. The molecule has 3 heterocycles. The molecule has 8 nitrogen and oxygen atoms in total. The molecule has 0 aromatic carbocycles. The second-order valence-electron chi connectivity index (χ2n) is 6.27. The van der Waals surface area contributed by atoms with Crippen LogP contribution in [-0.4, -0.2) is 52.2 Å². The van der Waals surface area contributed by atoms with Crippen LogP contribution in [0.2, 0.25) is 0 Å². The molecule has 0 atom stereocenters. The van der Waals surface area contributed by atoms with Gasteiger partial charge in [-0.05, 0) is 25.8 Å². The highest BCUT2D eigenvalue weighted by Crippen LogP contribution is 2.26. The molecule has 0 saturated carbocycles. The highest BCUT2D eigenvalue weighted by molar-refractivity contribution is 5.74. The number of nitrogens with zero attached hydrogens (tertiary/aromatic N) is 4. The molecule has 2 aromatic rings. The number of hydrogen-bond acceptors (Lipinski definition) is 6. The molecule has 1 N–H and O–H groups in total. The number of ether oxygens (including phenoxy) is 1. The third kappa shape index (κ3) is 5.11. The summed E-state index contributed by atoms with van der Waals surface area (Å²) < 4.78 is 34.8. The van der Waals surface area contributed by atoms with Crippen LogP contribution >= 0.6 is 0 Å². The van der Waals surface area contributed by atoms with E-state index in [0.717, 1.165) is 12.8 Å². The van der Waals surface area contributed by atoms with E-state index in [-0.39, 0.29) is 24.4 Å². The maximum absolute atomic E-state index is 12.4. The van der Waals surface area contributed by atoms with Gasteiger partial charge in [0.05, 0.1) is 0 Å². The molecule has 0 aliphatic carbocycles. The highest BCUT2D eigenvalue weighted by Gasteiger charge is 2.27. The molecular formula is C17H21F2N5O3. The summed E-state index contributed by atoms with van der Waals surface area (Å²) in [5, 5.41) is 6.58. The number of hydrogen-bond donors (Lipinski definition) is 1. The van der Waals surface area contributed by atoms with Crippen LogP contribution in [0.5, 0.6) is 5.88 Å². The van der Waals surface area contributed by atoms with E-state index in [2.05, 4.69) is 20.4 Å². The lowest BCUT2D eigenvalue weighted by atomic mass is 9.97. The molecule has 2 aromatic heterocycles. The normalized spacial score (nSPS) is 15.2. The van der Waals surface area contributed by atoms with Crippen LogP contribution in [0.3, 0.4) is 0 Å². The first-order chi connectivity index (χ1) is 13.0. The number of alkyl halides is 2. The number of piperidine rings is 1. The molecule has 3 rings (SSSR count). The zero-order chi connectivity index (χ0) is 19.2. The second kappa shape index (κ2) is 8.74. The van der Waals surface area contributed by atoms with Gasteiger partial charge in [-0.15, -0.1) is 0 Å². The monoisotopic (exact) mass is 381 g/mol. The Morgan fingerprint density at radius 3 is 2.89 bits per heavy atom. The number of aromatic nitrogens is 3. The predicted octanol–water partition coefficient (Wildman–Crippen LogP) is 2.51. The van der Waals surface area contributed by atoms with Gasteiger partial charge in [-0.1, -0.05) is 11.2 Å². The topological polar surface area (TPSA) is 93.4 Å². The average Bonchev–Trinajstić information content (AvgIpc) is 3.11. The van der Waals surface area contributed by atoms with Crippen LogP contribution in [0.15, 0.2) is 22.9 Å². The van der Waals surface area contributed by atoms with Crippen molar-refractivity contribution in [1.82, 2.24) is 25.3 Å². The average molecular weight is 381 g/mol. The Bertz CT molecular complexity index is 763. The fraction of sp³-hybridized carbons (Fsp3) is 0.529. The standard InChI is InChI=1S/C17H21F2N5O3/c1-11-22-16(27-23-11)12-4-7-24(8-5-12)17(25)21-9-13-3-2-6-20-15(13)26-10-14(18)19/h2-3,6,12,14H,4-5,7-10H2,1H3,(H,21,25). The van der Waals surface area contributed by atoms with Gasteiger partial charge in [-0.2, -0.15) is 4.98 Å². The highest BCUT2D eigenvalue weighted by atomic mass is 19.3. The Hall–Kier alpha value is -2.78. The molecule has 1 fully saturated rings. The molecule has 0 radical (unpaired) electrons. The van der Waals surface area contributed by atoms with Crippen molar-refractivity contribution in [2.75, 3.05) is 19.7 Å². The van der Waals surface area contributed by atoms with Crippen molar-refractivity contribution in [3.8, 4) is 5.88 Å². The van der Waals surface area contributed by atoms with Crippen molar-refractivity contribution in [1.29, 1.82) is 0 Å². The minimum atomic E-state index is -2.58. The van der Waals surface area contributed by atoms with E-state index >= 15 is 0 Å². The first-order valence-electron chi connectivity index (χ1n) is 8.70. The van der Waals surface area contributed by atoms with E-state index in [0.29, 0.717) is 30.4 Å². The lowest BCUT2D eigenvalue weighted by Crippen LogP contribution is -2.43. The third-order valence-electron chi connectivity index (χ3n) is 4.30. The molecule has 0 unspecified atom stereocenters. The Labute approximate surface area is 154 Å². The van der Waals surface area contributed by atoms with E-state index in [1.165, 1.54) is 6.20 Å². The number of urea groups is 1. The van der Waals surface area contributed by atoms with Crippen LogP contribution in [-0.2, 0) is 6.54 Å². The van der Waals surface area contributed by atoms with Crippen molar-refractivity contribution in [2.45, 2.75) is 38.7 Å². The number of amides is 2. The molecular weight excluding hydrogens is 360 g/mol. The van der Waals surface area contributed by atoms with E-state index < -0.39 is 13.0 Å². The molecule has 0 spiro atoms. The minimum Gasteiger partial charge on any atom is -0.471 e. The fourth-order valence-corrected chi connectivity index (χ4v) is 2.92. The van der Waals surface area contributed by atoms with Gasteiger partial charge in [0.25, 0.3) is 6.43 Å². The SMILES string of the molecule is Cc1noc(C2CCN(C(=O)NCc3cccnc3OCC(F)F)CC2)n1. The second-order valence-corrected chi connectivity index (χ2v) is 6.27. The maximum atomic E-state index is 12.4. The molecule has 1 aliphatic rings. The molecule has 1 aliphatic heterocycles. The van der Waals surface area contributed by atoms with Gasteiger partial charge < -0.3 is 19.5 Å². The summed E-state index contributed by atoms with van der Waals surface area (Å²) in [5.41, 5.74) is 0.544. The summed E-state index contributed by atoms with van der Waals surface area (Å²) >= 11 is 0. The van der Waals surface area contributed by atoms with Gasteiger partial charge in [0.2, 0.25) is 11.8 Å². The van der Waals surface area contributed by atoms with Crippen LogP contribution in [0.25, 0.3) is 0 Å². The largest absolute Gasteiger partial charge is 0.471 e. The van der Waals surface area contributed by atoms with Crippen LogP contribution in [0.4, 0.5) is 13.6 Å². The number of rotatable bonds is 6. The summed E-state index contributed by atoms with van der Waals surface area (Å²) in [6.45, 7) is 2.32. The van der Waals surface area contributed by atoms with Crippen molar-refractivity contribution >= 4 is 6.03 Å². The summed E-state index contributed by atoms with van der Waals surface area (Å²) in [6, 6.07) is 3.12. The van der Waals surface area contributed by atoms with Crippen LogP contribution < -0.4 is 10.1 Å². The van der Waals surface area contributed by atoms with E-state index in [1.54, 1.807) is 24.0 Å². The molecule has 2 amide bonds. The third-order valence-corrected chi connectivity index (χ3v) is 4.30.